The van der Waals surface area contributed by atoms with Crippen molar-refractivity contribution in [2.75, 3.05) is 19.6 Å². The number of piperidine rings is 1. The summed E-state index contributed by atoms with van der Waals surface area (Å²) in [5, 5.41) is 10.1. The predicted octanol–water partition coefficient (Wildman–Crippen LogP) is 1.90. The molecule has 6 heteroatoms. The number of urea groups is 1. The van der Waals surface area contributed by atoms with Crippen LogP contribution in [0.15, 0.2) is 12.4 Å². The van der Waals surface area contributed by atoms with Crippen molar-refractivity contribution in [3.63, 3.8) is 0 Å². The maximum absolute atomic E-state index is 12.0. The van der Waals surface area contributed by atoms with Crippen LogP contribution in [-0.4, -0.2) is 46.4 Å². The van der Waals surface area contributed by atoms with Crippen LogP contribution < -0.4 is 10.6 Å². The standard InChI is InChI=1S/C16H29N5O/c1-12-5-7-21(8-6-12)13(2)9-17-16(22)19-14(3)15-10-18-20(4)11-15/h10-14H,5-9H2,1-4H3,(H2,17,19,22)/t13-,14-/m0/s1. The maximum Gasteiger partial charge on any atom is 0.315 e. The molecule has 0 bridgehead atoms. The fraction of sp³-hybridized carbons (Fsp3) is 0.750. The van der Waals surface area contributed by atoms with Gasteiger partial charge in [0.1, 0.15) is 0 Å². The van der Waals surface area contributed by atoms with Gasteiger partial charge in [-0.3, -0.25) is 9.58 Å². The lowest BCUT2D eigenvalue weighted by molar-refractivity contribution is 0.145. The molecular weight excluding hydrogens is 278 g/mol. The molecule has 1 fully saturated rings. The topological polar surface area (TPSA) is 62.2 Å². The summed E-state index contributed by atoms with van der Waals surface area (Å²) in [4.78, 5) is 14.5. The number of carbonyl (C=O) groups excluding carboxylic acids is 1. The minimum atomic E-state index is -0.117. The zero-order valence-corrected chi connectivity index (χ0v) is 14.2. The van der Waals surface area contributed by atoms with E-state index < -0.39 is 0 Å². The minimum Gasteiger partial charge on any atom is -0.337 e. The van der Waals surface area contributed by atoms with Crippen LogP contribution in [0.5, 0.6) is 0 Å². The molecule has 1 aromatic rings. The molecule has 22 heavy (non-hydrogen) atoms. The molecule has 1 aromatic heterocycles. The molecule has 2 atom stereocenters. The first-order chi connectivity index (χ1) is 10.5. The number of carbonyl (C=O) groups is 1. The molecule has 2 rings (SSSR count). The fourth-order valence-corrected chi connectivity index (χ4v) is 2.83. The number of hydrogen-bond donors (Lipinski definition) is 2. The summed E-state index contributed by atoms with van der Waals surface area (Å²) in [7, 11) is 1.87. The Balaban J connectivity index is 1.70. The van der Waals surface area contributed by atoms with Gasteiger partial charge in [-0.2, -0.15) is 5.10 Å². The third-order valence-electron chi connectivity index (χ3n) is 4.57. The normalized spacial score (nSPS) is 19.6. The predicted molar refractivity (Wildman–Crippen MR) is 87.6 cm³/mol. The van der Waals surface area contributed by atoms with Gasteiger partial charge in [0.25, 0.3) is 0 Å². The molecular formula is C16H29N5O. The second-order valence-corrected chi connectivity index (χ2v) is 6.59. The Bertz CT molecular complexity index is 479. The van der Waals surface area contributed by atoms with Crippen molar-refractivity contribution in [2.45, 2.75) is 45.7 Å². The zero-order chi connectivity index (χ0) is 16.1. The molecule has 0 aliphatic carbocycles. The van der Waals surface area contributed by atoms with E-state index in [1.54, 1.807) is 10.9 Å². The molecule has 124 valence electrons. The van der Waals surface area contributed by atoms with Crippen molar-refractivity contribution >= 4 is 6.03 Å². The number of nitrogens with zero attached hydrogens (tertiary/aromatic N) is 3. The second-order valence-electron chi connectivity index (χ2n) is 6.59. The Morgan fingerprint density at radius 2 is 2.09 bits per heavy atom. The van der Waals surface area contributed by atoms with E-state index in [0.29, 0.717) is 12.6 Å². The Labute approximate surface area is 133 Å². The molecule has 2 N–H and O–H groups in total. The van der Waals surface area contributed by atoms with Gasteiger partial charge in [-0.15, -0.1) is 0 Å². The van der Waals surface area contributed by atoms with E-state index in [1.807, 2.05) is 20.2 Å². The molecule has 1 aliphatic heterocycles. The van der Waals surface area contributed by atoms with E-state index in [2.05, 4.69) is 34.5 Å². The van der Waals surface area contributed by atoms with Crippen LogP contribution >= 0.6 is 0 Å². The Kier molecular flexibility index (Phi) is 5.83. The Morgan fingerprint density at radius 3 is 2.68 bits per heavy atom. The Morgan fingerprint density at radius 1 is 1.41 bits per heavy atom. The van der Waals surface area contributed by atoms with E-state index in [-0.39, 0.29) is 12.1 Å². The number of aromatic nitrogens is 2. The smallest absolute Gasteiger partial charge is 0.315 e. The lowest BCUT2D eigenvalue weighted by Gasteiger charge is -2.35. The van der Waals surface area contributed by atoms with E-state index >= 15 is 0 Å². The first-order valence-corrected chi connectivity index (χ1v) is 8.22. The number of hydrogen-bond acceptors (Lipinski definition) is 3. The summed E-state index contributed by atoms with van der Waals surface area (Å²) in [5.74, 6) is 0.833. The molecule has 0 saturated carbocycles. The van der Waals surface area contributed by atoms with Gasteiger partial charge in [-0.05, 0) is 45.7 Å². The third-order valence-corrected chi connectivity index (χ3v) is 4.57. The molecule has 0 aromatic carbocycles. The number of rotatable bonds is 5. The summed E-state index contributed by atoms with van der Waals surface area (Å²) in [6, 6.07) is 0.223. The summed E-state index contributed by atoms with van der Waals surface area (Å²) in [6.07, 6.45) is 6.22. The van der Waals surface area contributed by atoms with Gasteiger partial charge >= 0.3 is 6.03 Å². The lowest BCUT2D eigenvalue weighted by Crippen LogP contribution is -2.47. The van der Waals surface area contributed by atoms with Crippen LogP contribution in [0.3, 0.4) is 0 Å². The first kappa shape index (κ1) is 16.8. The lowest BCUT2D eigenvalue weighted by atomic mass is 9.98. The Hall–Kier alpha value is -1.56. The average molecular weight is 307 g/mol. The van der Waals surface area contributed by atoms with Gasteiger partial charge in [0.15, 0.2) is 0 Å². The highest BCUT2D eigenvalue weighted by Gasteiger charge is 2.20. The van der Waals surface area contributed by atoms with Crippen LogP contribution in [0, 0.1) is 5.92 Å². The molecule has 1 saturated heterocycles. The summed E-state index contributed by atoms with van der Waals surface area (Å²) in [6.45, 7) is 9.41. The second kappa shape index (κ2) is 7.63. The quantitative estimate of drug-likeness (QED) is 0.873. The molecule has 0 unspecified atom stereocenters. The largest absolute Gasteiger partial charge is 0.337 e. The van der Waals surface area contributed by atoms with Crippen LogP contribution in [-0.2, 0) is 7.05 Å². The van der Waals surface area contributed by atoms with Gasteiger partial charge in [0, 0.05) is 31.4 Å². The van der Waals surface area contributed by atoms with Crippen LogP contribution in [0.2, 0.25) is 0 Å². The van der Waals surface area contributed by atoms with E-state index in [9.17, 15) is 4.79 Å². The van der Waals surface area contributed by atoms with Crippen LogP contribution in [0.1, 0.15) is 45.2 Å². The molecule has 2 heterocycles. The van der Waals surface area contributed by atoms with Crippen LogP contribution in [0.25, 0.3) is 0 Å². The van der Waals surface area contributed by atoms with Gasteiger partial charge in [0.05, 0.1) is 12.2 Å². The van der Waals surface area contributed by atoms with Crippen molar-refractivity contribution in [1.29, 1.82) is 0 Å². The third kappa shape index (κ3) is 4.73. The van der Waals surface area contributed by atoms with Gasteiger partial charge < -0.3 is 10.6 Å². The molecule has 6 nitrogen and oxygen atoms in total. The van der Waals surface area contributed by atoms with Gasteiger partial charge in [-0.25, -0.2) is 4.79 Å². The molecule has 2 amide bonds. The number of aryl methyl sites for hydroxylation is 1. The van der Waals surface area contributed by atoms with Crippen molar-refractivity contribution in [3.8, 4) is 0 Å². The number of likely N-dealkylation sites (tertiary alicyclic amines) is 1. The minimum absolute atomic E-state index is 0.0418. The van der Waals surface area contributed by atoms with Crippen molar-refractivity contribution < 1.29 is 4.79 Å². The fourth-order valence-electron chi connectivity index (χ4n) is 2.83. The highest BCUT2D eigenvalue weighted by Crippen LogP contribution is 2.17. The SMILES string of the molecule is CC1CCN([C@@H](C)CNC(=O)N[C@@H](C)c2cnn(C)c2)CC1. The zero-order valence-electron chi connectivity index (χ0n) is 14.2. The summed E-state index contributed by atoms with van der Waals surface area (Å²) < 4.78 is 1.74. The van der Waals surface area contributed by atoms with E-state index in [4.69, 9.17) is 0 Å². The van der Waals surface area contributed by atoms with E-state index in [1.165, 1.54) is 12.8 Å². The van der Waals surface area contributed by atoms with E-state index in [0.717, 1.165) is 24.6 Å². The summed E-state index contributed by atoms with van der Waals surface area (Å²) in [5.41, 5.74) is 1.01. The monoisotopic (exact) mass is 307 g/mol. The number of amides is 2. The number of nitrogens with one attached hydrogen (secondary N) is 2. The van der Waals surface area contributed by atoms with Crippen molar-refractivity contribution in [1.82, 2.24) is 25.3 Å². The van der Waals surface area contributed by atoms with Gasteiger partial charge in [-0.1, -0.05) is 6.92 Å². The molecule has 0 spiro atoms. The average Bonchev–Trinajstić information content (AvgIpc) is 2.92. The van der Waals surface area contributed by atoms with Gasteiger partial charge in [0.2, 0.25) is 0 Å². The summed E-state index contributed by atoms with van der Waals surface area (Å²) >= 11 is 0. The first-order valence-electron chi connectivity index (χ1n) is 8.22. The van der Waals surface area contributed by atoms with Crippen molar-refractivity contribution in [3.05, 3.63) is 18.0 Å². The van der Waals surface area contributed by atoms with Crippen molar-refractivity contribution in [2.24, 2.45) is 13.0 Å². The molecule has 1 aliphatic rings. The maximum atomic E-state index is 12.0. The highest BCUT2D eigenvalue weighted by atomic mass is 16.2. The van der Waals surface area contributed by atoms with Crippen LogP contribution in [0.4, 0.5) is 4.79 Å². The molecule has 0 radical (unpaired) electrons. The highest BCUT2D eigenvalue weighted by molar-refractivity contribution is 5.74.